The van der Waals surface area contributed by atoms with E-state index < -0.39 is 0 Å². The number of allylic oxidation sites excluding steroid dienone is 1. The van der Waals surface area contributed by atoms with Crippen molar-refractivity contribution < 1.29 is 9.53 Å². The van der Waals surface area contributed by atoms with E-state index in [2.05, 4.69) is 45.7 Å². The number of hydrogen-bond donors (Lipinski definition) is 0. The molecule has 0 N–H and O–H groups in total. The van der Waals surface area contributed by atoms with Crippen molar-refractivity contribution in [3.8, 4) is 0 Å². The first-order valence-electron chi connectivity index (χ1n) is 15.0. The molecule has 0 aliphatic heterocycles. The Hall–Kier alpha value is -1.64. The van der Waals surface area contributed by atoms with Crippen LogP contribution in [0.15, 0.2) is 36.2 Å². The first-order chi connectivity index (χ1) is 17.2. The molecule has 8 atom stereocenters. The second kappa shape index (κ2) is 10.3. The molecular weight excluding hydrogens is 442 g/mol. The Morgan fingerprint density at radius 3 is 2.67 bits per heavy atom. The Morgan fingerprint density at radius 1 is 1.08 bits per heavy atom. The summed E-state index contributed by atoms with van der Waals surface area (Å²) in [6, 6.07) is 3.60. The highest BCUT2D eigenvalue weighted by Gasteiger charge is 2.59. The maximum absolute atomic E-state index is 12.6. The molecule has 3 nitrogen and oxygen atoms in total. The number of pyridine rings is 1. The van der Waals surface area contributed by atoms with Gasteiger partial charge in [0.1, 0.15) is 6.10 Å². The van der Waals surface area contributed by atoms with E-state index in [1.54, 1.807) is 30.1 Å². The predicted octanol–water partition coefficient (Wildman–Crippen LogP) is 8.65. The van der Waals surface area contributed by atoms with Gasteiger partial charge < -0.3 is 4.74 Å². The van der Waals surface area contributed by atoms with Crippen LogP contribution >= 0.6 is 0 Å². The molecule has 198 valence electrons. The van der Waals surface area contributed by atoms with Crippen LogP contribution in [0.5, 0.6) is 0 Å². The van der Waals surface area contributed by atoms with Crippen LogP contribution in [0.25, 0.3) is 0 Å². The number of hydrogen-bond acceptors (Lipinski definition) is 3. The molecule has 4 aliphatic rings. The van der Waals surface area contributed by atoms with Crippen LogP contribution in [-0.2, 0) is 4.74 Å². The normalized spacial score (nSPS) is 38.5. The van der Waals surface area contributed by atoms with Gasteiger partial charge in [0.05, 0.1) is 5.56 Å². The Labute approximate surface area is 219 Å². The Balaban J connectivity index is 1.25. The van der Waals surface area contributed by atoms with Crippen LogP contribution in [0.4, 0.5) is 0 Å². The molecule has 4 aliphatic carbocycles. The van der Waals surface area contributed by atoms with E-state index in [0.29, 0.717) is 16.4 Å². The first-order valence-corrected chi connectivity index (χ1v) is 15.0. The van der Waals surface area contributed by atoms with Crippen molar-refractivity contribution in [3.05, 3.63) is 41.7 Å². The average molecular weight is 492 g/mol. The maximum Gasteiger partial charge on any atom is 0.339 e. The van der Waals surface area contributed by atoms with E-state index in [1.165, 1.54) is 51.4 Å². The fourth-order valence-corrected chi connectivity index (χ4v) is 9.46. The highest BCUT2D eigenvalue weighted by atomic mass is 16.5. The van der Waals surface area contributed by atoms with E-state index in [9.17, 15) is 4.79 Å². The van der Waals surface area contributed by atoms with Gasteiger partial charge in [-0.3, -0.25) is 4.98 Å². The summed E-state index contributed by atoms with van der Waals surface area (Å²) in [6.45, 7) is 12.5. The van der Waals surface area contributed by atoms with Gasteiger partial charge >= 0.3 is 5.97 Å². The van der Waals surface area contributed by atoms with Gasteiger partial charge in [0.25, 0.3) is 0 Å². The van der Waals surface area contributed by atoms with E-state index in [4.69, 9.17) is 4.74 Å². The second-order valence-corrected chi connectivity index (χ2v) is 13.8. The number of carbonyl (C=O) groups excluding carboxylic acids is 1. The lowest BCUT2D eigenvalue weighted by Gasteiger charge is -2.58. The van der Waals surface area contributed by atoms with E-state index >= 15 is 0 Å². The topological polar surface area (TPSA) is 39.2 Å². The van der Waals surface area contributed by atoms with Crippen molar-refractivity contribution in [2.45, 2.75) is 111 Å². The van der Waals surface area contributed by atoms with Crippen LogP contribution < -0.4 is 0 Å². The molecule has 1 aromatic rings. The minimum absolute atomic E-state index is 0.00462. The summed E-state index contributed by atoms with van der Waals surface area (Å²) >= 11 is 0. The van der Waals surface area contributed by atoms with Crippen molar-refractivity contribution in [1.29, 1.82) is 0 Å². The third-order valence-electron chi connectivity index (χ3n) is 11.4. The minimum Gasteiger partial charge on any atom is -0.458 e. The lowest BCUT2D eigenvalue weighted by molar-refractivity contribution is -0.0594. The smallest absolute Gasteiger partial charge is 0.339 e. The molecule has 0 amide bonds. The minimum atomic E-state index is -0.223. The summed E-state index contributed by atoms with van der Waals surface area (Å²) in [5.41, 5.74) is 2.97. The molecule has 3 heteroatoms. The molecule has 0 radical (unpaired) electrons. The zero-order valence-corrected chi connectivity index (χ0v) is 23.5. The number of carbonyl (C=O) groups is 1. The summed E-state index contributed by atoms with van der Waals surface area (Å²) in [7, 11) is 0. The van der Waals surface area contributed by atoms with Crippen molar-refractivity contribution in [3.63, 3.8) is 0 Å². The molecule has 36 heavy (non-hydrogen) atoms. The lowest BCUT2D eigenvalue weighted by atomic mass is 9.47. The average Bonchev–Trinajstić information content (AvgIpc) is 3.22. The van der Waals surface area contributed by atoms with Gasteiger partial charge in [-0.05, 0) is 103 Å². The molecule has 0 aromatic carbocycles. The van der Waals surface area contributed by atoms with Gasteiger partial charge in [0, 0.05) is 18.8 Å². The highest BCUT2D eigenvalue weighted by Crippen LogP contribution is 2.67. The van der Waals surface area contributed by atoms with Gasteiger partial charge in [-0.1, -0.05) is 65.5 Å². The van der Waals surface area contributed by atoms with E-state index in [0.717, 1.165) is 54.8 Å². The lowest BCUT2D eigenvalue weighted by Crippen LogP contribution is -2.51. The quantitative estimate of drug-likeness (QED) is 0.283. The summed E-state index contributed by atoms with van der Waals surface area (Å²) in [4.78, 5) is 16.7. The number of rotatable bonds is 7. The van der Waals surface area contributed by atoms with Gasteiger partial charge in [-0.25, -0.2) is 4.79 Å². The number of nitrogens with zero attached hydrogens (tertiary/aromatic N) is 1. The summed E-state index contributed by atoms with van der Waals surface area (Å²) < 4.78 is 5.96. The Morgan fingerprint density at radius 2 is 1.92 bits per heavy atom. The van der Waals surface area contributed by atoms with Crippen LogP contribution in [0.2, 0.25) is 0 Å². The maximum atomic E-state index is 12.6. The number of esters is 1. The van der Waals surface area contributed by atoms with Crippen molar-refractivity contribution in [2.24, 2.45) is 46.3 Å². The number of aromatic nitrogens is 1. The molecule has 3 fully saturated rings. The van der Waals surface area contributed by atoms with Crippen LogP contribution in [0, 0.1) is 46.3 Å². The monoisotopic (exact) mass is 491 g/mol. The fraction of sp³-hybridized carbons (Fsp3) is 0.758. The zero-order chi connectivity index (χ0) is 25.5. The molecule has 1 unspecified atom stereocenters. The summed E-state index contributed by atoms with van der Waals surface area (Å²) in [6.07, 6.45) is 20.1. The van der Waals surface area contributed by atoms with Gasteiger partial charge in [-0.15, -0.1) is 0 Å². The summed E-state index contributed by atoms with van der Waals surface area (Å²) in [5, 5.41) is 0. The molecule has 1 aromatic heterocycles. The molecule has 5 rings (SSSR count). The molecule has 0 spiro atoms. The molecule has 3 saturated carbocycles. The number of ether oxygens (including phenoxy) is 1. The SMILES string of the molecule is CC(C)CCC[C@@H](C)[C@H]1CC[C@H]2[C@@H]3CC=C4CC(OC(=O)c5cccnc5)CC[C@]4(C)[C@H]3CC[C@]12C. The Kier molecular flexibility index (Phi) is 7.40. The molecule has 0 bridgehead atoms. The third-order valence-corrected chi connectivity index (χ3v) is 11.4. The summed E-state index contributed by atoms with van der Waals surface area (Å²) in [5.74, 6) is 4.93. The third kappa shape index (κ3) is 4.69. The predicted molar refractivity (Wildman–Crippen MR) is 146 cm³/mol. The van der Waals surface area contributed by atoms with E-state index in [-0.39, 0.29) is 12.1 Å². The van der Waals surface area contributed by atoms with Crippen molar-refractivity contribution in [2.75, 3.05) is 0 Å². The molecule has 0 saturated heterocycles. The van der Waals surface area contributed by atoms with Crippen LogP contribution in [0.3, 0.4) is 0 Å². The second-order valence-electron chi connectivity index (χ2n) is 13.8. The van der Waals surface area contributed by atoms with Gasteiger partial charge in [0.2, 0.25) is 0 Å². The van der Waals surface area contributed by atoms with Crippen molar-refractivity contribution in [1.82, 2.24) is 4.98 Å². The van der Waals surface area contributed by atoms with E-state index in [1.807, 2.05) is 0 Å². The van der Waals surface area contributed by atoms with Gasteiger partial charge in [0.15, 0.2) is 0 Å². The first kappa shape index (κ1) is 26.0. The van der Waals surface area contributed by atoms with Crippen LogP contribution in [-0.4, -0.2) is 17.1 Å². The molecular formula is C33H49NO2. The van der Waals surface area contributed by atoms with Gasteiger partial charge in [-0.2, -0.15) is 0 Å². The number of fused-ring (bicyclic) bond motifs is 5. The fourth-order valence-electron chi connectivity index (χ4n) is 9.46. The Bertz CT molecular complexity index is 954. The van der Waals surface area contributed by atoms with Crippen molar-refractivity contribution >= 4 is 5.97 Å². The molecule has 1 heterocycles. The van der Waals surface area contributed by atoms with Crippen LogP contribution in [0.1, 0.15) is 116 Å². The standard InChI is InChI=1S/C33H49NO2/c1-22(2)8-6-9-23(3)28-13-14-29-27-12-11-25-20-26(36-31(35)24-10-7-19-34-21-24)15-17-32(25,4)30(27)16-18-33(28,29)5/h7,10-11,19,21-23,26-30H,6,8-9,12-18,20H2,1-5H3/t23-,26?,27+,28-,29+,30+,32+,33-/m1/s1. The largest absolute Gasteiger partial charge is 0.458 e. The highest BCUT2D eigenvalue weighted by molar-refractivity contribution is 5.89. The zero-order valence-electron chi connectivity index (χ0n) is 23.5.